The highest BCUT2D eigenvalue weighted by Crippen LogP contribution is 2.20. The van der Waals surface area contributed by atoms with Gasteiger partial charge >= 0.3 is 5.97 Å². The Kier molecular flexibility index (Phi) is 8.89. The molecule has 0 aliphatic rings. The third kappa shape index (κ3) is 7.14. The first kappa shape index (κ1) is 19.7. The molecule has 0 amide bonds. The van der Waals surface area contributed by atoms with Gasteiger partial charge in [-0.05, 0) is 37.4 Å². The zero-order valence-electron chi connectivity index (χ0n) is 15.2. The molecule has 23 heavy (non-hydrogen) atoms. The van der Waals surface area contributed by atoms with Crippen LogP contribution < -0.4 is 0 Å². The average molecular weight is 321 g/mol. The maximum absolute atomic E-state index is 12.2. The normalized spacial score (nSPS) is 12.7. The van der Waals surface area contributed by atoms with E-state index in [1.807, 2.05) is 31.0 Å². The van der Waals surface area contributed by atoms with Crippen molar-refractivity contribution in [1.82, 2.24) is 4.90 Å². The summed E-state index contributed by atoms with van der Waals surface area (Å²) in [7, 11) is 1.92. The van der Waals surface area contributed by atoms with Gasteiger partial charge in [0.25, 0.3) is 0 Å². The number of likely N-dealkylation sites (N-methyl/N-ethyl adjacent to an activating group) is 1. The highest BCUT2D eigenvalue weighted by Gasteiger charge is 2.17. The first-order valence-corrected chi connectivity index (χ1v) is 8.48. The van der Waals surface area contributed by atoms with Crippen molar-refractivity contribution < 1.29 is 14.3 Å². The Morgan fingerprint density at radius 1 is 1.09 bits per heavy atom. The fourth-order valence-corrected chi connectivity index (χ4v) is 2.14. The number of hydrogen-bond acceptors (Lipinski definition) is 4. The van der Waals surface area contributed by atoms with Crippen molar-refractivity contribution in [1.29, 1.82) is 0 Å². The number of rotatable bonds is 10. The van der Waals surface area contributed by atoms with E-state index < -0.39 is 0 Å². The van der Waals surface area contributed by atoms with Gasteiger partial charge in [-0.2, -0.15) is 0 Å². The Balaban J connectivity index is 2.38. The SMILES string of the molecule is CCCOCCN(C)COC(=O)[C@@H](C)c1ccc(C(C)C)cc1. The summed E-state index contributed by atoms with van der Waals surface area (Å²) in [4.78, 5) is 14.1. The summed E-state index contributed by atoms with van der Waals surface area (Å²) >= 11 is 0. The number of carbonyl (C=O) groups is 1. The van der Waals surface area contributed by atoms with Crippen LogP contribution in [-0.4, -0.2) is 44.4 Å². The second-order valence-electron chi connectivity index (χ2n) is 6.33. The zero-order valence-corrected chi connectivity index (χ0v) is 15.2. The Hall–Kier alpha value is -1.39. The Morgan fingerprint density at radius 3 is 2.26 bits per heavy atom. The summed E-state index contributed by atoms with van der Waals surface area (Å²) in [5.74, 6) is 0.0551. The van der Waals surface area contributed by atoms with Crippen LogP contribution in [0.1, 0.15) is 57.1 Å². The zero-order chi connectivity index (χ0) is 17.2. The summed E-state index contributed by atoms with van der Waals surface area (Å²) in [6.07, 6.45) is 1.02. The van der Waals surface area contributed by atoms with Gasteiger partial charge in [0.15, 0.2) is 0 Å². The van der Waals surface area contributed by atoms with Crippen LogP contribution in [0.2, 0.25) is 0 Å². The van der Waals surface area contributed by atoms with Crippen LogP contribution in [0.15, 0.2) is 24.3 Å². The lowest BCUT2D eigenvalue weighted by Crippen LogP contribution is -2.28. The minimum absolute atomic E-state index is 0.191. The highest BCUT2D eigenvalue weighted by molar-refractivity contribution is 5.77. The first-order valence-electron chi connectivity index (χ1n) is 8.48. The summed E-state index contributed by atoms with van der Waals surface area (Å²) in [5.41, 5.74) is 2.27. The predicted molar refractivity (Wildman–Crippen MR) is 93.6 cm³/mol. The van der Waals surface area contributed by atoms with Gasteiger partial charge in [0.2, 0.25) is 0 Å². The van der Waals surface area contributed by atoms with E-state index in [1.165, 1.54) is 5.56 Å². The molecule has 0 radical (unpaired) electrons. The summed E-state index contributed by atoms with van der Waals surface area (Å²) < 4.78 is 10.8. The molecule has 0 saturated heterocycles. The number of hydrogen-bond donors (Lipinski definition) is 0. The topological polar surface area (TPSA) is 38.8 Å². The molecule has 0 N–H and O–H groups in total. The molecule has 4 heteroatoms. The second-order valence-corrected chi connectivity index (χ2v) is 6.33. The molecular formula is C19H31NO3. The number of esters is 1. The average Bonchev–Trinajstić information content (AvgIpc) is 2.56. The van der Waals surface area contributed by atoms with Gasteiger partial charge in [0.1, 0.15) is 6.73 Å². The molecule has 0 saturated carbocycles. The van der Waals surface area contributed by atoms with Crippen molar-refractivity contribution in [2.24, 2.45) is 0 Å². The van der Waals surface area contributed by atoms with Crippen molar-refractivity contribution in [3.63, 3.8) is 0 Å². The number of benzene rings is 1. The lowest BCUT2D eigenvalue weighted by Gasteiger charge is -2.18. The van der Waals surface area contributed by atoms with E-state index in [-0.39, 0.29) is 11.9 Å². The second kappa shape index (κ2) is 10.4. The fourth-order valence-electron chi connectivity index (χ4n) is 2.14. The van der Waals surface area contributed by atoms with Crippen molar-refractivity contribution >= 4 is 5.97 Å². The smallest absolute Gasteiger partial charge is 0.314 e. The molecular weight excluding hydrogens is 290 g/mol. The lowest BCUT2D eigenvalue weighted by atomic mass is 9.96. The maximum Gasteiger partial charge on any atom is 0.314 e. The lowest BCUT2D eigenvalue weighted by molar-refractivity contribution is -0.149. The van der Waals surface area contributed by atoms with Crippen molar-refractivity contribution in [2.45, 2.75) is 46.0 Å². The molecule has 1 aromatic carbocycles. The van der Waals surface area contributed by atoms with Crippen LogP contribution in [0.3, 0.4) is 0 Å². The van der Waals surface area contributed by atoms with Gasteiger partial charge in [0, 0.05) is 13.2 Å². The molecule has 0 fully saturated rings. The third-order valence-electron chi connectivity index (χ3n) is 3.85. The van der Waals surface area contributed by atoms with Gasteiger partial charge in [-0.15, -0.1) is 0 Å². The molecule has 1 atom stereocenters. The van der Waals surface area contributed by atoms with E-state index in [9.17, 15) is 4.79 Å². The van der Waals surface area contributed by atoms with Crippen LogP contribution in [0.25, 0.3) is 0 Å². The number of carbonyl (C=O) groups excluding carboxylic acids is 1. The van der Waals surface area contributed by atoms with Crippen LogP contribution in [0.5, 0.6) is 0 Å². The molecule has 0 aliphatic heterocycles. The quantitative estimate of drug-likeness (QED) is 0.373. The van der Waals surface area contributed by atoms with E-state index in [2.05, 4.69) is 32.9 Å². The van der Waals surface area contributed by atoms with Gasteiger partial charge < -0.3 is 9.47 Å². The van der Waals surface area contributed by atoms with Crippen LogP contribution in [0.4, 0.5) is 0 Å². The number of nitrogens with zero attached hydrogens (tertiary/aromatic N) is 1. The Bertz CT molecular complexity index is 456. The summed E-state index contributed by atoms with van der Waals surface area (Å²) in [5, 5.41) is 0. The van der Waals surface area contributed by atoms with Gasteiger partial charge in [0.05, 0.1) is 12.5 Å². The van der Waals surface area contributed by atoms with Crippen molar-refractivity contribution in [3.05, 3.63) is 35.4 Å². The van der Waals surface area contributed by atoms with Gasteiger partial charge in [-0.1, -0.05) is 45.0 Å². The predicted octanol–water partition coefficient (Wildman–Crippen LogP) is 3.77. The van der Waals surface area contributed by atoms with Crippen molar-refractivity contribution in [2.75, 3.05) is 33.5 Å². The Morgan fingerprint density at radius 2 is 1.70 bits per heavy atom. The summed E-state index contributed by atoms with van der Waals surface area (Å²) in [6.45, 7) is 10.8. The minimum Gasteiger partial charge on any atom is -0.449 e. The van der Waals surface area contributed by atoms with E-state index in [1.54, 1.807) is 0 Å². The molecule has 1 rings (SSSR count). The van der Waals surface area contributed by atoms with E-state index in [0.29, 0.717) is 19.3 Å². The molecule has 0 aromatic heterocycles. The van der Waals surface area contributed by atoms with Gasteiger partial charge in [-0.25, -0.2) is 0 Å². The third-order valence-corrected chi connectivity index (χ3v) is 3.85. The van der Waals surface area contributed by atoms with Crippen LogP contribution in [0, 0.1) is 0 Å². The molecule has 0 spiro atoms. The van der Waals surface area contributed by atoms with E-state index >= 15 is 0 Å². The highest BCUT2D eigenvalue weighted by atomic mass is 16.5. The Labute approximate surface area is 140 Å². The standard InChI is InChI=1S/C19H31NO3/c1-6-12-22-13-11-20(5)14-23-19(21)16(4)18-9-7-17(8-10-18)15(2)3/h7-10,15-16H,6,11-14H2,1-5H3/t16-/m0/s1. The maximum atomic E-state index is 12.2. The summed E-state index contributed by atoms with van der Waals surface area (Å²) in [6, 6.07) is 8.20. The van der Waals surface area contributed by atoms with Gasteiger partial charge in [-0.3, -0.25) is 9.69 Å². The van der Waals surface area contributed by atoms with Crippen LogP contribution >= 0.6 is 0 Å². The minimum atomic E-state index is -0.249. The number of ether oxygens (including phenoxy) is 2. The van der Waals surface area contributed by atoms with Crippen LogP contribution in [-0.2, 0) is 14.3 Å². The van der Waals surface area contributed by atoms with E-state index in [4.69, 9.17) is 9.47 Å². The van der Waals surface area contributed by atoms with E-state index in [0.717, 1.165) is 25.1 Å². The monoisotopic (exact) mass is 321 g/mol. The molecule has 130 valence electrons. The molecule has 0 bridgehead atoms. The molecule has 0 unspecified atom stereocenters. The molecule has 0 heterocycles. The molecule has 0 aliphatic carbocycles. The van der Waals surface area contributed by atoms with Crippen molar-refractivity contribution in [3.8, 4) is 0 Å². The largest absolute Gasteiger partial charge is 0.449 e. The fraction of sp³-hybridized carbons (Fsp3) is 0.632. The molecule has 4 nitrogen and oxygen atoms in total. The molecule has 1 aromatic rings. The first-order chi connectivity index (χ1) is 11.0.